The van der Waals surface area contributed by atoms with Crippen molar-refractivity contribution >= 4 is 28.4 Å². The largest absolute Gasteiger partial charge is 0.461 e. The molecule has 2 unspecified atom stereocenters. The van der Waals surface area contributed by atoms with Crippen molar-refractivity contribution in [1.29, 1.82) is 5.26 Å². The molecule has 1 N–H and O–H groups in total. The number of ether oxygens (including phenoxy) is 2. The van der Waals surface area contributed by atoms with Gasteiger partial charge < -0.3 is 29.5 Å². The van der Waals surface area contributed by atoms with Crippen LogP contribution in [-0.4, -0.2) is 71.9 Å². The summed E-state index contributed by atoms with van der Waals surface area (Å²) < 4.78 is 12.0. The highest BCUT2D eigenvalue weighted by molar-refractivity contribution is 5.94. The molecule has 4 heterocycles. The lowest BCUT2D eigenvalue weighted by molar-refractivity contribution is 0.0767. The molecule has 10 nitrogen and oxygen atoms in total. The number of carbonyl (C=O) groups is 1. The molecular formula is C37H41N7O3. The number of rotatable bonds is 8. The SMILES string of the molecule is CC1(COc2nc3c(c(N4CCN(C(=O)OCc5ccccc5)C(CC#N)C4)n2)CCN(c2cccc4ccccc24)C3)CCCN1. The molecule has 0 bridgehead atoms. The van der Waals surface area contributed by atoms with Crippen molar-refractivity contribution in [3.63, 3.8) is 0 Å². The topological polar surface area (TPSA) is 107 Å². The molecule has 1 aromatic heterocycles. The Bertz CT molecular complexity index is 1760. The highest BCUT2D eigenvalue weighted by Crippen LogP contribution is 2.35. The smallest absolute Gasteiger partial charge is 0.410 e. The monoisotopic (exact) mass is 631 g/mol. The maximum absolute atomic E-state index is 13.2. The number of aromatic nitrogens is 2. The Hall–Kier alpha value is -4.88. The number of amides is 1. The molecule has 242 valence electrons. The number of benzene rings is 3. The number of nitriles is 1. The fourth-order valence-electron chi connectivity index (χ4n) is 7.08. The van der Waals surface area contributed by atoms with Gasteiger partial charge in [0.05, 0.1) is 30.8 Å². The fourth-order valence-corrected chi connectivity index (χ4v) is 7.08. The van der Waals surface area contributed by atoms with E-state index in [4.69, 9.17) is 19.4 Å². The van der Waals surface area contributed by atoms with E-state index in [0.717, 1.165) is 55.0 Å². The summed E-state index contributed by atoms with van der Waals surface area (Å²) in [6, 6.07) is 26.9. The first-order valence-corrected chi connectivity index (χ1v) is 16.6. The summed E-state index contributed by atoms with van der Waals surface area (Å²) in [7, 11) is 0. The fraction of sp³-hybridized carbons (Fsp3) is 0.405. The van der Waals surface area contributed by atoms with E-state index in [2.05, 4.69) is 70.6 Å². The summed E-state index contributed by atoms with van der Waals surface area (Å²) in [5, 5.41) is 15.7. The molecule has 2 atom stereocenters. The highest BCUT2D eigenvalue weighted by atomic mass is 16.6. The summed E-state index contributed by atoms with van der Waals surface area (Å²) in [6.07, 6.45) is 2.74. The first kappa shape index (κ1) is 30.8. The minimum atomic E-state index is -0.398. The summed E-state index contributed by atoms with van der Waals surface area (Å²) in [5.41, 5.74) is 4.06. The summed E-state index contributed by atoms with van der Waals surface area (Å²) >= 11 is 0. The van der Waals surface area contributed by atoms with Crippen molar-refractivity contribution in [3.8, 4) is 12.1 Å². The molecule has 0 aliphatic carbocycles. The Labute approximate surface area is 275 Å². The van der Waals surface area contributed by atoms with Gasteiger partial charge >= 0.3 is 12.1 Å². The predicted octanol–water partition coefficient (Wildman–Crippen LogP) is 5.45. The van der Waals surface area contributed by atoms with E-state index >= 15 is 0 Å². The van der Waals surface area contributed by atoms with Gasteiger partial charge in [-0.3, -0.25) is 0 Å². The molecule has 1 amide bonds. The third kappa shape index (κ3) is 6.67. The van der Waals surface area contributed by atoms with Crippen molar-refractivity contribution < 1.29 is 14.3 Å². The molecule has 2 fully saturated rings. The molecule has 0 radical (unpaired) electrons. The third-order valence-electron chi connectivity index (χ3n) is 9.66. The second-order valence-corrected chi connectivity index (χ2v) is 13.0. The summed E-state index contributed by atoms with van der Waals surface area (Å²) in [4.78, 5) is 29.5. The Morgan fingerprint density at radius 1 is 1.02 bits per heavy atom. The molecule has 0 saturated carbocycles. The molecule has 3 aliphatic rings. The van der Waals surface area contributed by atoms with Gasteiger partial charge in [-0.1, -0.05) is 66.7 Å². The number of carbonyl (C=O) groups excluding carboxylic acids is 1. The maximum Gasteiger partial charge on any atom is 0.410 e. The lowest BCUT2D eigenvalue weighted by Gasteiger charge is -2.42. The predicted molar refractivity (Wildman–Crippen MR) is 181 cm³/mol. The molecule has 47 heavy (non-hydrogen) atoms. The average molecular weight is 632 g/mol. The van der Waals surface area contributed by atoms with E-state index < -0.39 is 6.09 Å². The summed E-state index contributed by atoms with van der Waals surface area (Å²) in [5.74, 6) is 0.840. The van der Waals surface area contributed by atoms with Crippen LogP contribution in [0.25, 0.3) is 10.8 Å². The van der Waals surface area contributed by atoms with Crippen LogP contribution in [0.2, 0.25) is 0 Å². The van der Waals surface area contributed by atoms with Gasteiger partial charge in [0.15, 0.2) is 0 Å². The van der Waals surface area contributed by atoms with Crippen LogP contribution in [0.5, 0.6) is 6.01 Å². The Morgan fingerprint density at radius 3 is 2.68 bits per heavy atom. The molecular weight excluding hydrogens is 590 g/mol. The van der Waals surface area contributed by atoms with Crippen LogP contribution >= 0.6 is 0 Å². The van der Waals surface area contributed by atoms with Crippen LogP contribution < -0.4 is 19.9 Å². The zero-order chi connectivity index (χ0) is 32.2. The number of hydrogen-bond donors (Lipinski definition) is 1. The highest BCUT2D eigenvalue weighted by Gasteiger charge is 2.35. The molecule has 0 spiro atoms. The standard InChI is InChI=1S/C37H41N7O3/c1-37(17-8-19-39-37)26-47-35-40-32-24-42(33-14-7-12-28-11-5-6-13-30(28)33)20-16-31(32)34(41-35)43-21-22-44(29(23-43)15-18-38)36(45)46-25-27-9-3-2-4-10-27/h2-7,9-14,29,39H,8,15-17,19-26H2,1H3. The van der Waals surface area contributed by atoms with Gasteiger partial charge in [-0.05, 0) is 49.7 Å². The number of fused-ring (bicyclic) bond motifs is 2. The molecule has 4 aromatic rings. The van der Waals surface area contributed by atoms with Crippen LogP contribution in [-0.2, 0) is 24.3 Å². The quantitative estimate of drug-likeness (QED) is 0.272. The van der Waals surface area contributed by atoms with Crippen LogP contribution in [0.1, 0.15) is 43.0 Å². The van der Waals surface area contributed by atoms with Crippen molar-refractivity contribution in [1.82, 2.24) is 20.2 Å². The van der Waals surface area contributed by atoms with Crippen molar-refractivity contribution in [2.24, 2.45) is 0 Å². The zero-order valence-electron chi connectivity index (χ0n) is 26.9. The Kier molecular flexibility index (Phi) is 8.81. The van der Waals surface area contributed by atoms with Gasteiger partial charge in [0.2, 0.25) is 0 Å². The second kappa shape index (κ2) is 13.5. The Balaban J connectivity index is 1.15. The first-order valence-electron chi connectivity index (χ1n) is 16.6. The molecule has 7 rings (SSSR count). The zero-order valence-corrected chi connectivity index (χ0v) is 26.9. The van der Waals surface area contributed by atoms with Crippen molar-refractivity contribution in [2.45, 2.75) is 57.3 Å². The van der Waals surface area contributed by atoms with Gasteiger partial charge in [0, 0.05) is 48.4 Å². The van der Waals surface area contributed by atoms with E-state index in [0.29, 0.717) is 38.8 Å². The van der Waals surface area contributed by atoms with E-state index in [9.17, 15) is 10.1 Å². The normalized spacial score (nSPS) is 20.9. The number of hydrogen-bond acceptors (Lipinski definition) is 9. The van der Waals surface area contributed by atoms with Gasteiger partial charge in [0.1, 0.15) is 19.0 Å². The molecule has 3 aliphatic heterocycles. The van der Waals surface area contributed by atoms with E-state index in [1.54, 1.807) is 4.90 Å². The van der Waals surface area contributed by atoms with E-state index in [1.165, 1.54) is 16.5 Å². The number of nitrogens with one attached hydrogen (secondary N) is 1. The minimum absolute atomic E-state index is 0.113. The molecule has 10 heteroatoms. The van der Waals surface area contributed by atoms with E-state index in [-0.39, 0.29) is 24.6 Å². The van der Waals surface area contributed by atoms with Gasteiger partial charge in [-0.2, -0.15) is 15.2 Å². The number of nitrogens with zero attached hydrogens (tertiary/aromatic N) is 6. The first-order chi connectivity index (χ1) is 23.0. The van der Waals surface area contributed by atoms with Crippen molar-refractivity contribution in [2.75, 3.05) is 49.1 Å². The number of anilines is 2. The molecule has 3 aromatic carbocycles. The molecule has 2 saturated heterocycles. The minimum Gasteiger partial charge on any atom is -0.461 e. The Morgan fingerprint density at radius 2 is 1.85 bits per heavy atom. The van der Waals surface area contributed by atoms with Crippen LogP contribution in [0.4, 0.5) is 16.3 Å². The van der Waals surface area contributed by atoms with Crippen LogP contribution in [0.15, 0.2) is 72.8 Å². The van der Waals surface area contributed by atoms with Gasteiger partial charge in [-0.25, -0.2) is 4.79 Å². The lowest BCUT2D eigenvalue weighted by Crippen LogP contribution is -2.55. The second-order valence-electron chi connectivity index (χ2n) is 13.0. The van der Waals surface area contributed by atoms with Crippen molar-refractivity contribution in [3.05, 3.63) is 89.6 Å². The number of piperazine rings is 1. The maximum atomic E-state index is 13.2. The van der Waals surface area contributed by atoms with Gasteiger partial charge in [-0.15, -0.1) is 0 Å². The third-order valence-corrected chi connectivity index (χ3v) is 9.66. The van der Waals surface area contributed by atoms with Crippen LogP contribution in [0.3, 0.4) is 0 Å². The van der Waals surface area contributed by atoms with Crippen LogP contribution in [0, 0.1) is 11.3 Å². The lowest BCUT2D eigenvalue weighted by atomic mass is 10.0. The van der Waals surface area contributed by atoms with Gasteiger partial charge in [0.25, 0.3) is 0 Å². The average Bonchev–Trinajstić information content (AvgIpc) is 3.55. The summed E-state index contributed by atoms with van der Waals surface area (Å²) in [6.45, 7) is 6.78. The van der Waals surface area contributed by atoms with E-state index in [1.807, 2.05) is 30.3 Å².